The van der Waals surface area contributed by atoms with Crippen LogP contribution in [0.2, 0.25) is 0 Å². The molecule has 0 saturated carbocycles. The summed E-state index contributed by atoms with van der Waals surface area (Å²) >= 11 is 11.7. The van der Waals surface area contributed by atoms with Crippen molar-refractivity contribution < 1.29 is 24.5 Å². The number of aromatic carboxylic acids is 1. The maximum atomic E-state index is 10.5. The molecule has 0 aromatic heterocycles. The number of carbonyl (C=O) groups is 1. The van der Waals surface area contributed by atoms with Gasteiger partial charge >= 0.3 is 55.4 Å². The van der Waals surface area contributed by atoms with E-state index < -0.39 is 5.97 Å². The van der Waals surface area contributed by atoms with E-state index in [-0.39, 0.29) is 6.61 Å². The number of hydrogen-bond acceptors (Lipinski definition) is 2. The fourth-order valence-corrected chi connectivity index (χ4v) is 1.78. The van der Waals surface area contributed by atoms with Crippen molar-refractivity contribution in [3.05, 3.63) is 69.8 Å². The fraction of sp³-hybridized carbons (Fsp3) is 0.316. The molecule has 157 valence electrons. The van der Waals surface area contributed by atoms with Crippen LogP contribution in [0.1, 0.15) is 38.2 Å². The third-order valence-corrected chi connectivity index (χ3v) is 3.51. The van der Waals surface area contributed by atoms with Gasteiger partial charge in [-0.2, -0.15) is 0 Å². The summed E-state index contributed by atoms with van der Waals surface area (Å²) in [6.07, 6.45) is 0. The predicted molar refractivity (Wildman–Crippen MR) is 159 cm³/mol. The zero-order chi connectivity index (χ0) is 22.3. The molecular formula is C19H23I5O3V. The quantitative estimate of drug-likeness (QED) is 0.236. The number of hydrogen-bond donors (Lipinski definition) is 2. The molecule has 0 aliphatic heterocycles. The maximum absolute atomic E-state index is 10.5. The molecule has 2 aromatic rings. The summed E-state index contributed by atoms with van der Waals surface area (Å²) in [7, 11) is 0.628. The SMILES string of the molecule is Cc1ccc(C(=O)O)cc1C.Cc1ccc(CO)cc1C.IC(I)I.[I][V][I]. The first-order valence-electron chi connectivity index (χ1n) is 7.82. The van der Waals surface area contributed by atoms with Crippen LogP contribution in [0.3, 0.4) is 0 Å². The Morgan fingerprint density at radius 1 is 0.893 bits per heavy atom. The summed E-state index contributed by atoms with van der Waals surface area (Å²) in [6.45, 7) is 8.12. The van der Waals surface area contributed by atoms with Crippen LogP contribution in [0, 0.1) is 27.7 Å². The summed E-state index contributed by atoms with van der Waals surface area (Å²) in [5, 5.41) is 17.4. The Morgan fingerprint density at radius 2 is 1.29 bits per heavy atom. The number of benzene rings is 2. The molecular weight excluding hydrogens is 962 g/mol. The molecule has 0 aliphatic carbocycles. The second kappa shape index (κ2) is 19.8. The number of carboxylic acid groups (broad SMARTS) is 1. The number of alkyl halides is 3. The van der Waals surface area contributed by atoms with Crippen molar-refractivity contribution in [2.75, 3.05) is 0 Å². The average Bonchev–Trinajstić information content (AvgIpc) is 2.60. The van der Waals surface area contributed by atoms with E-state index >= 15 is 0 Å². The van der Waals surface area contributed by atoms with Crippen molar-refractivity contribution >= 4 is 114 Å². The number of aryl methyl sites for hydroxylation is 4. The van der Waals surface area contributed by atoms with Gasteiger partial charge in [-0.05, 0) is 67.6 Å². The Balaban J connectivity index is 0. The summed E-state index contributed by atoms with van der Waals surface area (Å²) < 4.78 is 0.743. The third-order valence-electron chi connectivity index (χ3n) is 3.51. The first-order valence-corrected chi connectivity index (χ1v) is 20.6. The van der Waals surface area contributed by atoms with E-state index in [0.717, 1.165) is 16.6 Å². The molecule has 0 amide bonds. The van der Waals surface area contributed by atoms with Crippen LogP contribution in [0.4, 0.5) is 0 Å². The Kier molecular flexibility index (Phi) is 22.8. The Labute approximate surface area is 238 Å². The van der Waals surface area contributed by atoms with Gasteiger partial charge in [0.2, 0.25) is 0 Å². The van der Waals surface area contributed by atoms with Gasteiger partial charge in [0.05, 0.1) is 12.2 Å². The molecule has 28 heavy (non-hydrogen) atoms. The number of carboxylic acids is 1. The van der Waals surface area contributed by atoms with Crippen molar-refractivity contribution in [2.24, 2.45) is 0 Å². The monoisotopic (exact) mass is 985 g/mol. The average molecular weight is 985 g/mol. The predicted octanol–water partition coefficient (Wildman–Crippen LogP) is 8.14. The van der Waals surface area contributed by atoms with Gasteiger partial charge in [0.15, 0.2) is 0 Å². The normalized spacial score (nSPS) is 9.11. The Morgan fingerprint density at radius 3 is 1.61 bits per heavy atom. The summed E-state index contributed by atoms with van der Waals surface area (Å²) in [4.78, 5) is 10.5. The van der Waals surface area contributed by atoms with Crippen LogP contribution in [-0.4, -0.2) is 16.1 Å². The number of aliphatic hydroxyl groups is 1. The van der Waals surface area contributed by atoms with Crippen LogP contribution < -0.4 is 0 Å². The van der Waals surface area contributed by atoms with Gasteiger partial charge in [0.25, 0.3) is 0 Å². The van der Waals surface area contributed by atoms with Crippen LogP contribution in [0.5, 0.6) is 0 Å². The molecule has 0 atom stereocenters. The van der Waals surface area contributed by atoms with Gasteiger partial charge in [0.1, 0.15) is -0.0619 Å². The molecule has 0 aliphatic rings. The molecule has 2 aromatic carbocycles. The fourth-order valence-electron chi connectivity index (χ4n) is 1.78. The van der Waals surface area contributed by atoms with E-state index in [1.165, 1.54) is 11.1 Å². The van der Waals surface area contributed by atoms with Gasteiger partial charge in [-0.3, -0.25) is 0 Å². The van der Waals surface area contributed by atoms with Crippen molar-refractivity contribution in [3.63, 3.8) is 0 Å². The van der Waals surface area contributed by atoms with E-state index in [1.54, 1.807) is 12.1 Å². The van der Waals surface area contributed by atoms with Gasteiger partial charge in [0, 0.05) is 0 Å². The van der Waals surface area contributed by atoms with E-state index in [2.05, 4.69) is 122 Å². The van der Waals surface area contributed by atoms with E-state index in [4.69, 9.17) is 10.2 Å². The first kappa shape index (κ1) is 32.3. The van der Waals surface area contributed by atoms with Crippen LogP contribution in [0.15, 0.2) is 36.4 Å². The molecule has 0 unspecified atom stereocenters. The van der Waals surface area contributed by atoms with Crippen molar-refractivity contribution in [1.29, 1.82) is 0 Å². The Hall–Kier alpha value is 2.10. The van der Waals surface area contributed by atoms with E-state index in [9.17, 15) is 4.79 Å². The van der Waals surface area contributed by atoms with E-state index in [0.29, 0.717) is 15.0 Å². The molecule has 3 nitrogen and oxygen atoms in total. The Bertz CT molecular complexity index is 709. The molecule has 0 radical (unpaired) electrons. The molecule has 0 bridgehead atoms. The summed E-state index contributed by atoms with van der Waals surface area (Å²) in [6, 6.07) is 11.1. The van der Waals surface area contributed by atoms with Gasteiger partial charge < -0.3 is 10.2 Å². The molecule has 0 saturated heterocycles. The molecule has 0 heterocycles. The first-order chi connectivity index (χ1) is 13.0. The molecule has 0 spiro atoms. The number of halogens is 5. The molecule has 0 fully saturated rings. The van der Waals surface area contributed by atoms with Gasteiger partial charge in [-0.15, -0.1) is 0 Å². The third kappa shape index (κ3) is 17.8. The van der Waals surface area contributed by atoms with Gasteiger partial charge in [-0.25, -0.2) is 4.79 Å². The van der Waals surface area contributed by atoms with Crippen LogP contribution in [0.25, 0.3) is 0 Å². The van der Waals surface area contributed by atoms with Crippen LogP contribution in [-0.2, 0) is 16.1 Å². The summed E-state index contributed by atoms with van der Waals surface area (Å²) in [5.74, 6) is -0.867. The van der Waals surface area contributed by atoms with Crippen molar-refractivity contribution in [1.82, 2.24) is 0 Å². The number of rotatable bonds is 2. The second-order valence-corrected chi connectivity index (χ2v) is 28.2. The second-order valence-electron chi connectivity index (χ2n) is 5.49. The van der Waals surface area contributed by atoms with Crippen LogP contribution >= 0.6 is 108 Å². The minimum absolute atomic E-state index is 0.140. The molecule has 9 heteroatoms. The zero-order valence-electron chi connectivity index (χ0n) is 15.9. The van der Waals surface area contributed by atoms with Gasteiger partial charge in [-0.1, -0.05) is 92.0 Å². The summed E-state index contributed by atoms with van der Waals surface area (Å²) in [5.41, 5.74) is 6.00. The van der Waals surface area contributed by atoms with E-state index in [1.807, 2.05) is 38.1 Å². The van der Waals surface area contributed by atoms with Crippen molar-refractivity contribution in [3.8, 4) is 0 Å². The minimum atomic E-state index is -0.867. The standard InChI is InChI=1S/C9H10O2.C9H12O.CHI3.2HI.V/c1-6-3-4-8(9(10)11)5-7(6)2;1-7-3-4-9(6-10)5-8(7)2;2-1(3)4;;;/h3-5H,1-2H3,(H,10,11);3-5,10H,6H2,1-2H3;1H;2*1H;/q;;;;;+2/p-2. The topological polar surface area (TPSA) is 57.5 Å². The molecule has 2 rings (SSSR count). The van der Waals surface area contributed by atoms with Crippen molar-refractivity contribution in [2.45, 2.75) is 34.2 Å². The zero-order valence-corrected chi connectivity index (χ0v) is 28.1. The molecule has 2 N–H and O–H groups in total. The number of aliphatic hydroxyl groups excluding tert-OH is 1.